The van der Waals surface area contributed by atoms with Crippen LogP contribution in [-0.2, 0) is 4.79 Å². The number of aryl methyl sites for hydroxylation is 1. The van der Waals surface area contributed by atoms with Crippen LogP contribution in [0.2, 0.25) is 0 Å². The predicted molar refractivity (Wildman–Crippen MR) is 62.9 cm³/mol. The summed E-state index contributed by atoms with van der Waals surface area (Å²) >= 11 is 0. The van der Waals surface area contributed by atoms with Crippen LogP contribution in [-0.4, -0.2) is 11.3 Å². The Balaban J connectivity index is 0.000000245. The molecule has 2 nitrogen and oxygen atoms in total. The Morgan fingerprint density at radius 1 is 0.933 bits per heavy atom. The third-order valence-corrected chi connectivity index (χ3v) is 2.35. The van der Waals surface area contributed by atoms with Gasteiger partial charge in [0.1, 0.15) is 5.78 Å². The van der Waals surface area contributed by atoms with Crippen LogP contribution in [0.3, 0.4) is 0 Å². The Hall–Kier alpha value is -1.15. The van der Waals surface area contributed by atoms with E-state index in [1.807, 2.05) is 18.2 Å². The van der Waals surface area contributed by atoms with Gasteiger partial charge in [-0.25, -0.2) is 0 Å². The quantitative estimate of drug-likeness (QED) is 0.646. The first-order valence-electron chi connectivity index (χ1n) is 5.32. The second kappa shape index (κ2) is 8.18. The molecule has 0 amide bonds. The smallest absolute Gasteiger partial charge is 0.132 e. The topological polar surface area (TPSA) is 48.6 Å². The van der Waals surface area contributed by atoms with Crippen molar-refractivity contribution in [3.63, 3.8) is 0 Å². The van der Waals surface area contributed by atoms with Gasteiger partial charge in [-0.15, -0.1) is 0 Å². The fourth-order valence-corrected chi connectivity index (χ4v) is 1.48. The lowest BCUT2D eigenvalue weighted by Gasteiger charge is -2.05. The average Bonchev–Trinajstić information content (AvgIpc) is 2.21. The number of carbonyl (C=O) groups is 1. The number of carbonyl (C=O) groups excluding carboxylic acids is 1. The number of hydrogen-bond donors (Lipinski definition) is 0. The van der Waals surface area contributed by atoms with E-state index in [2.05, 4.69) is 19.1 Å². The highest BCUT2D eigenvalue weighted by atomic mass is 16.1. The maximum atomic E-state index is 10.5. The van der Waals surface area contributed by atoms with Crippen LogP contribution in [0, 0.1) is 6.92 Å². The first-order chi connectivity index (χ1) is 6.79. The van der Waals surface area contributed by atoms with Crippen molar-refractivity contribution in [3.05, 3.63) is 35.9 Å². The van der Waals surface area contributed by atoms with Gasteiger partial charge in [-0.2, -0.15) is 0 Å². The van der Waals surface area contributed by atoms with Crippen molar-refractivity contribution >= 4 is 5.78 Å². The second-order valence-corrected chi connectivity index (χ2v) is 3.75. The molecule has 1 aromatic carbocycles. The highest BCUT2D eigenvalue weighted by Crippen LogP contribution is 2.12. The third-order valence-electron chi connectivity index (χ3n) is 2.35. The van der Waals surface area contributed by atoms with Crippen LogP contribution in [0.25, 0.3) is 0 Å². The van der Waals surface area contributed by atoms with Crippen molar-refractivity contribution in [2.75, 3.05) is 0 Å². The molecule has 0 atom stereocenters. The van der Waals surface area contributed by atoms with E-state index in [1.54, 1.807) is 0 Å². The van der Waals surface area contributed by atoms with Crippen LogP contribution in [0.1, 0.15) is 37.7 Å². The molecule has 1 aliphatic carbocycles. The van der Waals surface area contributed by atoms with Crippen molar-refractivity contribution in [3.8, 4) is 0 Å². The minimum atomic E-state index is 0. The molecule has 0 spiro atoms. The van der Waals surface area contributed by atoms with Gasteiger partial charge in [0.15, 0.2) is 0 Å². The zero-order valence-corrected chi connectivity index (χ0v) is 9.33. The number of Topliss-reactive ketones (excluding diaryl/α,β-unsaturated/α-hetero) is 1. The minimum Gasteiger partial charge on any atom is -0.412 e. The molecule has 15 heavy (non-hydrogen) atoms. The summed E-state index contributed by atoms with van der Waals surface area (Å²) in [7, 11) is 0. The van der Waals surface area contributed by atoms with E-state index in [1.165, 1.54) is 12.0 Å². The van der Waals surface area contributed by atoms with Crippen LogP contribution in [0.4, 0.5) is 0 Å². The highest BCUT2D eigenvalue weighted by Gasteiger charge is 2.05. The SMILES string of the molecule is Cc1ccccc1.O.O=C1CCCCC1. The Labute approximate surface area is 91.6 Å². The fourth-order valence-electron chi connectivity index (χ4n) is 1.48. The lowest BCUT2D eigenvalue weighted by molar-refractivity contribution is -0.120. The molecule has 2 rings (SSSR count). The molecule has 0 unspecified atom stereocenters. The van der Waals surface area contributed by atoms with E-state index < -0.39 is 0 Å². The molecule has 1 aliphatic rings. The van der Waals surface area contributed by atoms with Gasteiger partial charge in [0.2, 0.25) is 0 Å². The maximum Gasteiger partial charge on any atom is 0.132 e. The van der Waals surface area contributed by atoms with Gasteiger partial charge in [-0.3, -0.25) is 4.79 Å². The van der Waals surface area contributed by atoms with Crippen molar-refractivity contribution in [2.45, 2.75) is 39.0 Å². The Morgan fingerprint density at radius 2 is 1.47 bits per heavy atom. The van der Waals surface area contributed by atoms with Crippen molar-refractivity contribution in [1.29, 1.82) is 0 Å². The van der Waals surface area contributed by atoms with Gasteiger partial charge in [-0.05, 0) is 19.8 Å². The summed E-state index contributed by atoms with van der Waals surface area (Å²) < 4.78 is 0. The van der Waals surface area contributed by atoms with E-state index in [-0.39, 0.29) is 5.48 Å². The lowest BCUT2D eigenvalue weighted by atomic mass is 10.00. The summed E-state index contributed by atoms with van der Waals surface area (Å²) in [5.41, 5.74) is 1.32. The average molecular weight is 208 g/mol. The number of ketones is 1. The molecule has 0 aromatic heterocycles. The Kier molecular flexibility index (Phi) is 7.56. The molecule has 1 aromatic rings. The summed E-state index contributed by atoms with van der Waals surface area (Å²) in [6, 6.07) is 10.3. The van der Waals surface area contributed by atoms with E-state index in [9.17, 15) is 4.79 Å². The van der Waals surface area contributed by atoms with E-state index >= 15 is 0 Å². The normalized spacial score (nSPS) is 14.6. The molecular formula is C13H20O2. The van der Waals surface area contributed by atoms with Crippen LogP contribution < -0.4 is 0 Å². The maximum absolute atomic E-state index is 10.5. The summed E-state index contributed by atoms with van der Waals surface area (Å²) in [4.78, 5) is 10.5. The first-order valence-corrected chi connectivity index (χ1v) is 5.32. The largest absolute Gasteiger partial charge is 0.412 e. The van der Waals surface area contributed by atoms with Gasteiger partial charge in [0.25, 0.3) is 0 Å². The van der Waals surface area contributed by atoms with E-state index in [0.29, 0.717) is 5.78 Å². The molecule has 1 fully saturated rings. The van der Waals surface area contributed by atoms with E-state index in [4.69, 9.17) is 0 Å². The van der Waals surface area contributed by atoms with Crippen molar-refractivity contribution in [1.82, 2.24) is 0 Å². The highest BCUT2D eigenvalue weighted by molar-refractivity contribution is 5.78. The Morgan fingerprint density at radius 3 is 1.73 bits per heavy atom. The molecule has 1 saturated carbocycles. The fraction of sp³-hybridized carbons (Fsp3) is 0.462. The van der Waals surface area contributed by atoms with Gasteiger partial charge in [-0.1, -0.05) is 42.3 Å². The van der Waals surface area contributed by atoms with Gasteiger partial charge < -0.3 is 5.48 Å². The zero-order valence-electron chi connectivity index (χ0n) is 9.33. The summed E-state index contributed by atoms with van der Waals surface area (Å²) in [5.74, 6) is 0.464. The molecule has 2 N–H and O–H groups in total. The summed E-state index contributed by atoms with van der Waals surface area (Å²) in [6.45, 7) is 2.08. The minimum absolute atomic E-state index is 0. The predicted octanol–water partition coefficient (Wildman–Crippen LogP) is 2.69. The molecule has 0 radical (unpaired) electrons. The van der Waals surface area contributed by atoms with Crippen molar-refractivity contribution < 1.29 is 10.3 Å². The first kappa shape index (κ1) is 13.8. The summed E-state index contributed by atoms with van der Waals surface area (Å²) in [5, 5.41) is 0. The molecule has 84 valence electrons. The van der Waals surface area contributed by atoms with Gasteiger partial charge >= 0.3 is 0 Å². The standard InChI is InChI=1S/C7H8.C6H10O.H2O/c1-7-5-3-2-4-6-7;7-6-4-2-1-3-5-6;/h2-6H,1H3;1-5H2;1H2. The summed E-state index contributed by atoms with van der Waals surface area (Å²) in [6.07, 6.45) is 5.24. The van der Waals surface area contributed by atoms with Crippen LogP contribution in [0.15, 0.2) is 30.3 Å². The molecule has 0 heterocycles. The Bertz CT molecular complexity index is 259. The van der Waals surface area contributed by atoms with E-state index in [0.717, 1.165) is 25.7 Å². The van der Waals surface area contributed by atoms with Gasteiger partial charge in [0.05, 0.1) is 0 Å². The number of rotatable bonds is 0. The van der Waals surface area contributed by atoms with Crippen molar-refractivity contribution in [2.24, 2.45) is 0 Å². The third kappa shape index (κ3) is 6.86. The second-order valence-electron chi connectivity index (χ2n) is 3.75. The monoisotopic (exact) mass is 208 g/mol. The molecule has 0 bridgehead atoms. The molecule has 0 saturated heterocycles. The zero-order chi connectivity index (χ0) is 10.2. The number of benzene rings is 1. The molecular weight excluding hydrogens is 188 g/mol. The van der Waals surface area contributed by atoms with Crippen LogP contribution in [0.5, 0.6) is 0 Å². The van der Waals surface area contributed by atoms with Gasteiger partial charge in [0, 0.05) is 12.8 Å². The lowest BCUT2D eigenvalue weighted by Crippen LogP contribution is -2.02. The molecule has 2 heteroatoms. The molecule has 0 aliphatic heterocycles. The van der Waals surface area contributed by atoms with Crippen LogP contribution >= 0.6 is 0 Å². The number of hydrogen-bond acceptors (Lipinski definition) is 1.